The summed E-state index contributed by atoms with van der Waals surface area (Å²) in [5, 5.41) is 9.51. The van der Waals surface area contributed by atoms with Crippen LogP contribution in [0.25, 0.3) is 0 Å². The Morgan fingerprint density at radius 2 is 1.36 bits per heavy atom. The number of phenols is 1. The number of aromatic hydroxyl groups is 1. The molecule has 2 aromatic carbocycles. The van der Waals surface area contributed by atoms with Crippen molar-refractivity contribution in [3.8, 4) is 5.75 Å². The number of allylic oxidation sites excluding steroid dienone is 2. The predicted octanol–water partition coefficient (Wildman–Crippen LogP) is 6.50. The molecule has 0 aliphatic heterocycles. The Bertz CT molecular complexity index is 703. The van der Waals surface area contributed by atoms with Gasteiger partial charge in [0.25, 0.3) is 0 Å². The molecule has 0 fully saturated rings. The Labute approximate surface area is 153 Å². The highest BCUT2D eigenvalue weighted by Gasteiger charge is 2.25. The van der Waals surface area contributed by atoms with E-state index in [-0.39, 0.29) is 10.8 Å². The third-order valence-electron chi connectivity index (χ3n) is 5.67. The molecule has 1 heteroatoms. The second-order valence-corrected chi connectivity index (χ2v) is 8.30. The topological polar surface area (TPSA) is 20.2 Å². The Balaban J connectivity index is 2.17. The fraction of sp³-hybridized carbons (Fsp3) is 0.417. The van der Waals surface area contributed by atoms with E-state index in [1.54, 1.807) is 12.1 Å². The van der Waals surface area contributed by atoms with Crippen LogP contribution in [0.3, 0.4) is 0 Å². The van der Waals surface area contributed by atoms with Crippen molar-refractivity contribution in [2.24, 2.45) is 11.3 Å². The maximum Gasteiger partial charge on any atom is 0.115 e. The summed E-state index contributed by atoms with van der Waals surface area (Å²) in [7, 11) is 0. The van der Waals surface area contributed by atoms with Crippen LogP contribution in [0.15, 0.2) is 60.7 Å². The molecular formula is C24H32O. The number of hydrogen-bond donors (Lipinski definition) is 1. The molecular weight excluding hydrogens is 304 g/mol. The third kappa shape index (κ3) is 4.54. The van der Waals surface area contributed by atoms with Gasteiger partial charge >= 0.3 is 0 Å². The van der Waals surface area contributed by atoms with Crippen LogP contribution in [0, 0.1) is 11.3 Å². The lowest BCUT2D eigenvalue weighted by Gasteiger charge is -2.29. The van der Waals surface area contributed by atoms with Gasteiger partial charge in [0.15, 0.2) is 0 Å². The molecule has 0 amide bonds. The second kappa shape index (κ2) is 7.47. The lowest BCUT2D eigenvalue weighted by molar-refractivity contribution is 0.305. The first-order valence-corrected chi connectivity index (χ1v) is 9.19. The molecule has 0 saturated carbocycles. The van der Waals surface area contributed by atoms with E-state index in [0.29, 0.717) is 11.7 Å². The first kappa shape index (κ1) is 19.3. The smallest absolute Gasteiger partial charge is 0.115 e. The SMILES string of the molecule is CC=CC(C)(C)C(C)Cc1ccc(C(C)(C)c2ccc(O)cc2)cc1. The van der Waals surface area contributed by atoms with Gasteiger partial charge in [-0.15, -0.1) is 0 Å². The average Bonchev–Trinajstić information content (AvgIpc) is 2.55. The molecule has 0 bridgehead atoms. The van der Waals surface area contributed by atoms with Crippen LogP contribution < -0.4 is 0 Å². The van der Waals surface area contributed by atoms with Crippen molar-refractivity contribution in [1.29, 1.82) is 0 Å². The summed E-state index contributed by atoms with van der Waals surface area (Å²) in [6.45, 7) is 13.5. The highest BCUT2D eigenvalue weighted by molar-refractivity contribution is 5.40. The van der Waals surface area contributed by atoms with Crippen LogP contribution in [0.5, 0.6) is 5.75 Å². The lowest BCUT2D eigenvalue weighted by Crippen LogP contribution is -2.21. The van der Waals surface area contributed by atoms with Gasteiger partial charge in [0.1, 0.15) is 5.75 Å². The van der Waals surface area contributed by atoms with Crippen LogP contribution >= 0.6 is 0 Å². The fourth-order valence-electron chi connectivity index (χ4n) is 3.31. The van der Waals surface area contributed by atoms with Gasteiger partial charge in [-0.3, -0.25) is 0 Å². The zero-order chi connectivity index (χ0) is 18.7. The molecule has 0 radical (unpaired) electrons. The molecule has 2 rings (SSSR count). The van der Waals surface area contributed by atoms with Crippen molar-refractivity contribution in [2.45, 2.75) is 53.4 Å². The summed E-state index contributed by atoms with van der Waals surface area (Å²) in [5.41, 5.74) is 4.01. The molecule has 0 aliphatic carbocycles. The van der Waals surface area contributed by atoms with Crippen molar-refractivity contribution < 1.29 is 5.11 Å². The first-order valence-electron chi connectivity index (χ1n) is 9.19. The van der Waals surface area contributed by atoms with Crippen LogP contribution in [0.1, 0.15) is 58.2 Å². The van der Waals surface area contributed by atoms with E-state index in [1.807, 2.05) is 12.1 Å². The zero-order valence-electron chi connectivity index (χ0n) is 16.5. The van der Waals surface area contributed by atoms with Crippen molar-refractivity contribution in [1.82, 2.24) is 0 Å². The molecule has 1 nitrogen and oxygen atoms in total. The molecule has 25 heavy (non-hydrogen) atoms. The molecule has 1 atom stereocenters. The fourth-order valence-corrected chi connectivity index (χ4v) is 3.31. The summed E-state index contributed by atoms with van der Waals surface area (Å²) < 4.78 is 0. The van der Waals surface area contributed by atoms with Crippen molar-refractivity contribution in [3.63, 3.8) is 0 Å². The van der Waals surface area contributed by atoms with E-state index < -0.39 is 0 Å². The molecule has 2 aromatic rings. The van der Waals surface area contributed by atoms with E-state index in [9.17, 15) is 5.11 Å². The average molecular weight is 337 g/mol. The number of rotatable bonds is 6. The van der Waals surface area contributed by atoms with Gasteiger partial charge in [0.05, 0.1) is 0 Å². The quantitative estimate of drug-likeness (QED) is 0.597. The summed E-state index contributed by atoms with van der Waals surface area (Å²) >= 11 is 0. The molecule has 0 aliphatic rings. The lowest BCUT2D eigenvalue weighted by atomic mass is 9.75. The van der Waals surface area contributed by atoms with Gasteiger partial charge < -0.3 is 5.11 Å². The van der Waals surface area contributed by atoms with E-state index >= 15 is 0 Å². The van der Waals surface area contributed by atoms with Gasteiger partial charge in [0.2, 0.25) is 0 Å². The Morgan fingerprint density at radius 1 is 0.880 bits per heavy atom. The minimum absolute atomic E-state index is 0.0813. The largest absolute Gasteiger partial charge is 0.508 e. The van der Waals surface area contributed by atoms with Gasteiger partial charge in [-0.25, -0.2) is 0 Å². The normalized spacial score (nSPS) is 14.0. The summed E-state index contributed by atoms with van der Waals surface area (Å²) in [6, 6.07) is 16.6. The number of phenolic OH excluding ortho intramolecular Hbond substituents is 1. The molecule has 0 aromatic heterocycles. The van der Waals surface area contributed by atoms with Crippen molar-refractivity contribution in [2.75, 3.05) is 0 Å². The van der Waals surface area contributed by atoms with E-state index in [1.165, 1.54) is 16.7 Å². The number of benzene rings is 2. The summed E-state index contributed by atoms with van der Waals surface area (Å²) in [4.78, 5) is 0. The zero-order valence-corrected chi connectivity index (χ0v) is 16.5. The highest BCUT2D eigenvalue weighted by Crippen LogP contribution is 2.34. The molecule has 0 spiro atoms. The monoisotopic (exact) mass is 336 g/mol. The van der Waals surface area contributed by atoms with E-state index in [2.05, 4.69) is 78.0 Å². The third-order valence-corrected chi connectivity index (χ3v) is 5.67. The van der Waals surface area contributed by atoms with Crippen LogP contribution in [-0.4, -0.2) is 5.11 Å². The first-order chi connectivity index (χ1) is 11.7. The van der Waals surface area contributed by atoms with Gasteiger partial charge in [-0.2, -0.15) is 0 Å². The molecule has 1 N–H and O–H groups in total. The van der Waals surface area contributed by atoms with Crippen molar-refractivity contribution in [3.05, 3.63) is 77.4 Å². The maximum atomic E-state index is 9.51. The molecule has 134 valence electrons. The highest BCUT2D eigenvalue weighted by atomic mass is 16.3. The molecule has 0 saturated heterocycles. The number of hydrogen-bond acceptors (Lipinski definition) is 1. The Hall–Kier alpha value is -2.02. The summed E-state index contributed by atoms with van der Waals surface area (Å²) in [5.74, 6) is 0.896. The standard InChI is InChI=1S/C24H32O/c1-7-16-23(3,4)18(2)17-19-8-10-20(11-9-19)24(5,6)21-12-14-22(25)15-13-21/h7-16,18,25H,17H2,1-6H3. The van der Waals surface area contributed by atoms with Crippen LogP contribution in [-0.2, 0) is 11.8 Å². The predicted molar refractivity (Wildman–Crippen MR) is 108 cm³/mol. The van der Waals surface area contributed by atoms with Crippen LogP contribution in [0.2, 0.25) is 0 Å². The van der Waals surface area contributed by atoms with E-state index in [0.717, 1.165) is 6.42 Å². The molecule has 0 heterocycles. The van der Waals surface area contributed by atoms with E-state index in [4.69, 9.17) is 0 Å². The van der Waals surface area contributed by atoms with Gasteiger partial charge in [0, 0.05) is 5.41 Å². The van der Waals surface area contributed by atoms with Crippen molar-refractivity contribution >= 4 is 0 Å². The minimum atomic E-state index is -0.0813. The summed E-state index contributed by atoms with van der Waals surface area (Å²) in [6.07, 6.45) is 5.54. The maximum absolute atomic E-state index is 9.51. The van der Waals surface area contributed by atoms with Crippen LogP contribution in [0.4, 0.5) is 0 Å². The van der Waals surface area contributed by atoms with Gasteiger partial charge in [-0.05, 0) is 53.5 Å². The van der Waals surface area contributed by atoms with Gasteiger partial charge in [-0.1, -0.05) is 83.2 Å². The Morgan fingerprint density at radius 3 is 1.84 bits per heavy atom. The second-order valence-electron chi connectivity index (χ2n) is 8.30. The molecule has 1 unspecified atom stereocenters. The Kier molecular flexibility index (Phi) is 5.77. The minimum Gasteiger partial charge on any atom is -0.508 e.